The van der Waals surface area contributed by atoms with Gasteiger partial charge in [0, 0.05) is 57.4 Å². The molecule has 1 aromatic heterocycles. The van der Waals surface area contributed by atoms with Crippen LogP contribution in [0.2, 0.25) is 0 Å². The molecule has 146 valence electrons. The highest BCUT2D eigenvalue weighted by molar-refractivity contribution is 5.84. The molecule has 5 rings (SSSR count). The van der Waals surface area contributed by atoms with Crippen LogP contribution in [0.25, 0.3) is 0 Å². The Balaban J connectivity index is 1.19. The van der Waals surface area contributed by atoms with Crippen molar-refractivity contribution in [3.8, 4) is 0 Å². The molecule has 0 aromatic carbocycles. The summed E-state index contributed by atoms with van der Waals surface area (Å²) >= 11 is 0. The number of Topliss-reactive ketones (excluding diaryl/α,β-unsaturated/α-hetero) is 1. The monoisotopic (exact) mass is 373 g/mol. The lowest BCUT2D eigenvalue weighted by molar-refractivity contribution is -0.135. The third-order valence-electron chi connectivity index (χ3n) is 6.88. The first-order valence-electron chi connectivity index (χ1n) is 10.4. The standard InChI is InChI=1S/C20H27N3O4/c24-15-7-14(8-15)16-9-17(16)20-21-19(22-27-20)13-1-2-18(25)23(11-13)10-12-3-5-26-6-4-12/h12-14,16-17H,1-11H2/t13?,16-,17+/m0/s1. The van der Waals surface area contributed by atoms with Crippen molar-refractivity contribution in [2.24, 2.45) is 17.8 Å². The Hall–Kier alpha value is -1.76. The summed E-state index contributed by atoms with van der Waals surface area (Å²) in [4.78, 5) is 30.3. The van der Waals surface area contributed by atoms with Crippen LogP contribution in [-0.4, -0.2) is 53.0 Å². The highest BCUT2D eigenvalue weighted by atomic mass is 16.5. The van der Waals surface area contributed by atoms with E-state index in [0.29, 0.717) is 42.4 Å². The number of rotatable bonds is 5. The maximum atomic E-state index is 12.4. The van der Waals surface area contributed by atoms with Crippen molar-refractivity contribution in [2.45, 2.75) is 56.8 Å². The molecule has 27 heavy (non-hydrogen) atoms. The molecular formula is C20H27N3O4. The third kappa shape index (κ3) is 3.53. The maximum Gasteiger partial charge on any atom is 0.230 e. The van der Waals surface area contributed by atoms with Crippen LogP contribution in [0, 0.1) is 17.8 Å². The largest absolute Gasteiger partial charge is 0.381 e. The second kappa shape index (κ2) is 7.00. The average Bonchev–Trinajstić information content (AvgIpc) is 3.28. The van der Waals surface area contributed by atoms with Gasteiger partial charge in [0.25, 0.3) is 0 Å². The Labute approximate surface area is 158 Å². The number of likely N-dealkylation sites (tertiary alicyclic amines) is 1. The zero-order valence-electron chi connectivity index (χ0n) is 15.6. The van der Waals surface area contributed by atoms with Gasteiger partial charge in [0.05, 0.1) is 0 Å². The fourth-order valence-corrected chi connectivity index (χ4v) is 4.95. The van der Waals surface area contributed by atoms with E-state index >= 15 is 0 Å². The molecule has 1 aromatic rings. The molecule has 7 heteroatoms. The minimum absolute atomic E-state index is 0.169. The molecule has 0 radical (unpaired) electrons. The van der Waals surface area contributed by atoms with Crippen LogP contribution < -0.4 is 0 Å². The van der Waals surface area contributed by atoms with Gasteiger partial charge in [-0.2, -0.15) is 4.98 Å². The molecule has 2 saturated carbocycles. The molecule has 2 aliphatic carbocycles. The molecule has 2 aliphatic heterocycles. The van der Waals surface area contributed by atoms with E-state index in [4.69, 9.17) is 14.2 Å². The third-order valence-corrected chi connectivity index (χ3v) is 6.88. The second-order valence-corrected chi connectivity index (χ2v) is 8.79. The predicted molar refractivity (Wildman–Crippen MR) is 95.0 cm³/mol. The molecule has 3 heterocycles. The van der Waals surface area contributed by atoms with E-state index in [1.54, 1.807) is 0 Å². The number of ketones is 1. The summed E-state index contributed by atoms with van der Waals surface area (Å²) < 4.78 is 11.0. The van der Waals surface area contributed by atoms with Gasteiger partial charge in [0.15, 0.2) is 5.82 Å². The molecule has 0 N–H and O–H groups in total. The lowest BCUT2D eigenvalue weighted by atomic mass is 9.80. The number of piperidine rings is 1. The van der Waals surface area contributed by atoms with Gasteiger partial charge in [-0.05, 0) is 43.4 Å². The van der Waals surface area contributed by atoms with Crippen LogP contribution >= 0.6 is 0 Å². The highest BCUT2D eigenvalue weighted by Crippen LogP contribution is 2.55. The van der Waals surface area contributed by atoms with Crippen molar-refractivity contribution in [2.75, 3.05) is 26.3 Å². The summed E-state index contributed by atoms with van der Waals surface area (Å²) in [7, 11) is 0. The Morgan fingerprint density at radius 2 is 1.93 bits per heavy atom. The van der Waals surface area contributed by atoms with E-state index in [9.17, 15) is 9.59 Å². The molecule has 2 saturated heterocycles. The number of ether oxygens (including phenoxy) is 1. The maximum absolute atomic E-state index is 12.4. The number of carbonyl (C=O) groups excluding carboxylic acids is 2. The van der Waals surface area contributed by atoms with Crippen LogP contribution in [0.3, 0.4) is 0 Å². The fraction of sp³-hybridized carbons (Fsp3) is 0.800. The van der Waals surface area contributed by atoms with Crippen molar-refractivity contribution < 1.29 is 18.8 Å². The minimum atomic E-state index is 0.169. The molecule has 0 spiro atoms. The van der Waals surface area contributed by atoms with Crippen LogP contribution in [0.15, 0.2) is 4.52 Å². The number of amides is 1. The molecule has 4 aliphatic rings. The van der Waals surface area contributed by atoms with Crippen molar-refractivity contribution in [1.29, 1.82) is 0 Å². The Kier molecular flexibility index (Phi) is 4.50. The molecule has 3 atom stereocenters. The number of hydrogen-bond donors (Lipinski definition) is 0. The molecule has 7 nitrogen and oxygen atoms in total. The number of nitrogens with zero attached hydrogens (tertiary/aromatic N) is 3. The first-order chi connectivity index (χ1) is 13.2. The Morgan fingerprint density at radius 3 is 2.70 bits per heavy atom. The number of aromatic nitrogens is 2. The van der Waals surface area contributed by atoms with Crippen LogP contribution in [0.5, 0.6) is 0 Å². The van der Waals surface area contributed by atoms with E-state index in [2.05, 4.69) is 5.16 Å². The predicted octanol–water partition coefficient (Wildman–Crippen LogP) is 2.28. The summed E-state index contributed by atoms with van der Waals surface area (Å²) in [6.07, 6.45) is 5.96. The average molecular weight is 373 g/mol. The SMILES string of the molecule is O=C1CC([C@@H]2C[C@H]2c2nc(C3CCC(=O)N(CC4CCOCC4)C3)no2)C1. The normalized spacial score (nSPS) is 32.6. The zero-order chi connectivity index (χ0) is 18.4. The summed E-state index contributed by atoms with van der Waals surface area (Å²) in [6, 6.07) is 0. The van der Waals surface area contributed by atoms with Gasteiger partial charge in [-0.25, -0.2) is 0 Å². The van der Waals surface area contributed by atoms with Gasteiger partial charge in [-0.15, -0.1) is 0 Å². The summed E-state index contributed by atoms with van der Waals surface area (Å²) in [6.45, 7) is 3.13. The van der Waals surface area contributed by atoms with Gasteiger partial charge in [-0.1, -0.05) is 5.16 Å². The van der Waals surface area contributed by atoms with Crippen molar-refractivity contribution in [3.05, 3.63) is 11.7 Å². The summed E-state index contributed by atoms with van der Waals surface area (Å²) in [5.41, 5.74) is 0. The van der Waals surface area contributed by atoms with Gasteiger partial charge in [0.1, 0.15) is 5.78 Å². The van der Waals surface area contributed by atoms with Crippen LogP contribution in [0.1, 0.15) is 68.5 Å². The second-order valence-electron chi connectivity index (χ2n) is 8.79. The smallest absolute Gasteiger partial charge is 0.230 e. The first-order valence-corrected chi connectivity index (χ1v) is 10.4. The highest BCUT2D eigenvalue weighted by Gasteiger charge is 2.51. The molecule has 4 fully saturated rings. The summed E-state index contributed by atoms with van der Waals surface area (Å²) in [5, 5.41) is 4.25. The zero-order valence-corrected chi connectivity index (χ0v) is 15.6. The molecule has 1 unspecified atom stereocenters. The lowest BCUT2D eigenvalue weighted by Gasteiger charge is -2.35. The van der Waals surface area contributed by atoms with E-state index < -0.39 is 0 Å². The van der Waals surface area contributed by atoms with E-state index in [0.717, 1.165) is 70.0 Å². The van der Waals surface area contributed by atoms with E-state index in [1.807, 2.05) is 4.90 Å². The first kappa shape index (κ1) is 17.3. The van der Waals surface area contributed by atoms with Crippen molar-refractivity contribution in [1.82, 2.24) is 15.0 Å². The van der Waals surface area contributed by atoms with Crippen LogP contribution in [0.4, 0.5) is 0 Å². The van der Waals surface area contributed by atoms with Gasteiger partial charge >= 0.3 is 0 Å². The Bertz CT molecular complexity index is 719. The minimum Gasteiger partial charge on any atom is -0.381 e. The molecular weight excluding hydrogens is 346 g/mol. The number of hydrogen-bond acceptors (Lipinski definition) is 6. The molecule has 0 bridgehead atoms. The molecule has 1 amide bonds. The quantitative estimate of drug-likeness (QED) is 0.787. The van der Waals surface area contributed by atoms with E-state index in [-0.39, 0.29) is 11.8 Å². The van der Waals surface area contributed by atoms with Gasteiger partial charge in [0.2, 0.25) is 11.8 Å². The summed E-state index contributed by atoms with van der Waals surface area (Å²) in [5.74, 6) is 4.25. The van der Waals surface area contributed by atoms with Crippen molar-refractivity contribution >= 4 is 11.7 Å². The number of carbonyl (C=O) groups is 2. The Morgan fingerprint density at radius 1 is 1.11 bits per heavy atom. The van der Waals surface area contributed by atoms with E-state index in [1.165, 1.54) is 0 Å². The lowest BCUT2D eigenvalue weighted by Crippen LogP contribution is -2.43. The fourth-order valence-electron chi connectivity index (χ4n) is 4.95. The van der Waals surface area contributed by atoms with Crippen molar-refractivity contribution in [3.63, 3.8) is 0 Å². The topological polar surface area (TPSA) is 85.5 Å². The van der Waals surface area contributed by atoms with Crippen LogP contribution in [-0.2, 0) is 14.3 Å². The van der Waals surface area contributed by atoms with Gasteiger partial charge in [-0.3, -0.25) is 9.59 Å². The van der Waals surface area contributed by atoms with Gasteiger partial charge < -0.3 is 14.2 Å².